The van der Waals surface area contributed by atoms with Crippen LogP contribution in [-0.4, -0.2) is 21.4 Å². The number of hydrazone groups is 1. The van der Waals surface area contributed by atoms with E-state index in [9.17, 15) is 4.79 Å². The molecule has 2 rings (SSSR count). The summed E-state index contributed by atoms with van der Waals surface area (Å²) >= 11 is 0. The minimum atomic E-state index is -0.506. The average molecular weight is 243 g/mol. The first-order valence-corrected chi connectivity index (χ1v) is 5.44. The van der Waals surface area contributed by atoms with Gasteiger partial charge in [-0.2, -0.15) is 15.2 Å². The molecule has 0 saturated heterocycles. The van der Waals surface area contributed by atoms with E-state index in [2.05, 4.69) is 25.7 Å². The van der Waals surface area contributed by atoms with Crippen molar-refractivity contribution in [2.45, 2.75) is 13.8 Å². The van der Waals surface area contributed by atoms with Gasteiger partial charge in [0.15, 0.2) is 5.82 Å². The monoisotopic (exact) mass is 243 g/mol. The van der Waals surface area contributed by atoms with Gasteiger partial charge in [0, 0.05) is 0 Å². The van der Waals surface area contributed by atoms with Gasteiger partial charge < -0.3 is 0 Å². The molecule has 2 N–H and O–H groups in total. The fourth-order valence-electron chi connectivity index (χ4n) is 1.42. The maximum atomic E-state index is 11.0. The van der Waals surface area contributed by atoms with E-state index in [1.807, 2.05) is 31.2 Å². The van der Waals surface area contributed by atoms with E-state index in [0.717, 1.165) is 11.1 Å². The van der Waals surface area contributed by atoms with Crippen LogP contribution in [-0.2, 0) is 0 Å². The van der Waals surface area contributed by atoms with Crippen molar-refractivity contribution >= 4 is 12.0 Å². The van der Waals surface area contributed by atoms with Gasteiger partial charge in [0.05, 0.1) is 6.21 Å². The van der Waals surface area contributed by atoms with Gasteiger partial charge in [0.2, 0.25) is 0 Å². The van der Waals surface area contributed by atoms with Gasteiger partial charge in [-0.3, -0.25) is 5.43 Å². The number of aromatic amines is 1. The fourth-order valence-corrected chi connectivity index (χ4v) is 1.42. The molecule has 0 bridgehead atoms. The van der Waals surface area contributed by atoms with E-state index in [1.54, 1.807) is 13.1 Å². The Morgan fingerprint density at radius 1 is 1.39 bits per heavy atom. The van der Waals surface area contributed by atoms with Gasteiger partial charge >= 0.3 is 5.69 Å². The van der Waals surface area contributed by atoms with E-state index >= 15 is 0 Å². The molecule has 0 unspecified atom stereocenters. The number of benzene rings is 1. The van der Waals surface area contributed by atoms with Gasteiger partial charge in [0.1, 0.15) is 5.69 Å². The van der Waals surface area contributed by atoms with Gasteiger partial charge in [-0.1, -0.05) is 29.8 Å². The number of hydrogen-bond acceptors (Lipinski definition) is 5. The smallest absolute Gasteiger partial charge is 0.260 e. The van der Waals surface area contributed by atoms with E-state index < -0.39 is 5.69 Å². The Kier molecular flexibility index (Phi) is 3.47. The lowest BCUT2D eigenvalue weighted by Crippen LogP contribution is -2.15. The first-order chi connectivity index (χ1) is 8.65. The molecule has 92 valence electrons. The molecular formula is C12H13N5O. The summed E-state index contributed by atoms with van der Waals surface area (Å²) in [4.78, 5) is 14.7. The lowest BCUT2D eigenvalue weighted by molar-refractivity contribution is 0.879. The molecule has 0 fully saturated rings. The van der Waals surface area contributed by atoms with Crippen molar-refractivity contribution in [3.05, 3.63) is 51.6 Å². The van der Waals surface area contributed by atoms with Gasteiger partial charge in [0.25, 0.3) is 0 Å². The number of aryl methyl sites for hydroxylation is 2. The SMILES string of the molecule is Cc1cccc(/C=N\Nc2nc(=O)[nH]nc2C)c1. The van der Waals surface area contributed by atoms with Crippen LogP contribution in [0.3, 0.4) is 0 Å². The highest BCUT2D eigenvalue weighted by molar-refractivity contribution is 5.80. The van der Waals surface area contributed by atoms with Crippen LogP contribution >= 0.6 is 0 Å². The van der Waals surface area contributed by atoms with Crippen LogP contribution < -0.4 is 11.1 Å². The molecular weight excluding hydrogens is 230 g/mol. The Hall–Kier alpha value is -2.50. The summed E-state index contributed by atoms with van der Waals surface area (Å²) < 4.78 is 0. The number of rotatable bonds is 3. The lowest BCUT2D eigenvalue weighted by Gasteiger charge is -2.00. The van der Waals surface area contributed by atoms with Gasteiger partial charge in [-0.25, -0.2) is 9.89 Å². The lowest BCUT2D eigenvalue weighted by atomic mass is 10.2. The van der Waals surface area contributed by atoms with Crippen LogP contribution in [0.25, 0.3) is 0 Å². The largest absolute Gasteiger partial charge is 0.363 e. The Morgan fingerprint density at radius 3 is 3.00 bits per heavy atom. The molecule has 1 heterocycles. The highest BCUT2D eigenvalue weighted by Gasteiger charge is 1.99. The minimum absolute atomic E-state index is 0.350. The molecule has 2 aromatic rings. The van der Waals surface area contributed by atoms with Crippen molar-refractivity contribution in [1.82, 2.24) is 15.2 Å². The quantitative estimate of drug-likeness (QED) is 0.627. The highest BCUT2D eigenvalue weighted by atomic mass is 16.1. The van der Waals surface area contributed by atoms with Crippen molar-refractivity contribution in [2.75, 3.05) is 5.43 Å². The molecule has 0 atom stereocenters. The Labute approximate surface area is 104 Å². The first-order valence-electron chi connectivity index (χ1n) is 5.44. The molecule has 0 amide bonds. The minimum Gasteiger partial charge on any atom is -0.260 e. The third-order valence-electron chi connectivity index (χ3n) is 2.30. The molecule has 6 nitrogen and oxygen atoms in total. The van der Waals surface area contributed by atoms with Crippen molar-refractivity contribution in [3.8, 4) is 0 Å². The second kappa shape index (κ2) is 5.22. The molecule has 6 heteroatoms. The molecule has 18 heavy (non-hydrogen) atoms. The normalized spacial score (nSPS) is 10.8. The number of H-pyrrole nitrogens is 1. The molecule has 0 aliphatic carbocycles. The van der Waals surface area contributed by atoms with Crippen LogP contribution in [0.1, 0.15) is 16.8 Å². The van der Waals surface area contributed by atoms with E-state index in [-0.39, 0.29) is 0 Å². The summed E-state index contributed by atoms with van der Waals surface area (Å²) in [6.07, 6.45) is 1.66. The van der Waals surface area contributed by atoms with Crippen molar-refractivity contribution < 1.29 is 0 Å². The molecule has 1 aromatic carbocycles. The Morgan fingerprint density at radius 2 is 2.22 bits per heavy atom. The number of aromatic nitrogens is 3. The third kappa shape index (κ3) is 3.00. The van der Waals surface area contributed by atoms with Gasteiger partial charge in [-0.15, -0.1) is 0 Å². The van der Waals surface area contributed by atoms with Crippen LogP contribution in [0, 0.1) is 13.8 Å². The second-order valence-corrected chi connectivity index (χ2v) is 3.86. The summed E-state index contributed by atoms with van der Waals surface area (Å²) in [5.74, 6) is 0.350. The Balaban J connectivity index is 2.12. The van der Waals surface area contributed by atoms with Crippen LogP contribution in [0.5, 0.6) is 0 Å². The van der Waals surface area contributed by atoms with Crippen molar-refractivity contribution in [2.24, 2.45) is 5.10 Å². The topological polar surface area (TPSA) is 83.0 Å². The zero-order valence-corrected chi connectivity index (χ0v) is 10.1. The van der Waals surface area contributed by atoms with Crippen molar-refractivity contribution in [3.63, 3.8) is 0 Å². The van der Waals surface area contributed by atoms with Crippen molar-refractivity contribution in [1.29, 1.82) is 0 Å². The first kappa shape index (κ1) is 12.0. The van der Waals surface area contributed by atoms with Crippen LogP contribution in [0.15, 0.2) is 34.2 Å². The summed E-state index contributed by atoms with van der Waals surface area (Å²) in [5.41, 5.74) is 4.90. The fraction of sp³-hybridized carbons (Fsp3) is 0.167. The zero-order valence-electron chi connectivity index (χ0n) is 10.1. The molecule has 0 radical (unpaired) electrons. The predicted molar refractivity (Wildman–Crippen MR) is 69.8 cm³/mol. The predicted octanol–water partition coefficient (Wildman–Crippen LogP) is 1.23. The number of nitrogens with one attached hydrogen (secondary N) is 2. The summed E-state index contributed by atoms with van der Waals surface area (Å²) in [6.45, 7) is 3.74. The zero-order chi connectivity index (χ0) is 13.0. The van der Waals surface area contributed by atoms with E-state index in [1.165, 1.54) is 0 Å². The standard InChI is InChI=1S/C12H13N5O/c1-8-4-3-5-10(6-8)7-13-16-11-9(2)15-17-12(18)14-11/h3-7H,1-2H3,(H2,14,16,17,18)/b13-7-. The summed E-state index contributed by atoms with van der Waals surface area (Å²) in [6, 6.07) is 7.90. The molecule has 1 aromatic heterocycles. The van der Waals surface area contributed by atoms with E-state index in [0.29, 0.717) is 11.5 Å². The van der Waals surface area contributed by atoms with Crippen LogP contribution in [0.4, 0.5) is 5.82 Å². The van der Waals surface area contributed by atoms with E-state index in [4.69, 9.17) is 0 Å². The number of nitrogens with zero attached hydrogens (tertiary/aromatic N) is 3. The summed E-state index contributed by atoms with van der Waals surface area (Å²) in [7, 11) is 0. The van der Waals surface area contributed by atoms with Gasteiger partial charge in [-0.05, 0) is 19.4 Å². The maximum absolute atomic E-state index is 11.0. The molecule has 0 aliphatic rings. The molecule has 0 saturated carbocycles. The summed E-state index contributed by atoms with van der Waals surface area (Å²) in [5, 5.41) is 10.1. The number of hydrogen-bond donors (Lipinski definition) is 2. The average Bonchev–Trinajstić information content (AvgIpc) is 2.34. The highest BCUT2D eigenvalue weighted by Crippen LogP contribution is 2.04. The molecule has 0 spiro atoms. The third-order valence-corrected chi connectivity index (χ3v) is 2.30. The molecule has 0 aliphatic heterocycles. The van der Waals surface area contributed by atoms with Crippen LogP contribution in [0.2, 0.25) is 0 Å². The Bertz CT molecular complexity index is 632. The number of anilines is 1. The maximum Gasteiger partial charge on any atom is 0.363 e. The second-order valence-electron chi connectivity index (χ2n) is 3.86.